The highest BCUT2D eigenvalue weighted by Gasteiger charge is 2.08. The zero-order chi connectivity index (χ0) is 16.9. The SMILES string of the molecule is Nc1nc(COc2ccc(Cl)cc2Cl)nc(Nc2ccccc2)n1. The Morgan fingerprint density at radius 3 is 2.54 bits per heavy atom. The van der Waals surface area contributed by atoms with E-state index in [9.17, 15) is 0 Å². The monoisotopic (exact) mass is 361 g/mol. The van der Waals surface area contributed by atoms with Gasteiger partial charge in [0.2, 0.25) is 11.9 Å². The average Bonchev–Trinajstić information content (AvgIpc) is 2.54. The summed E-state index contributed by atoms with van der Waals surface area (Å²) in [4.78, 5) is 12.4. The molecular weight excluding hydrogens is 349 g/mol. The number of nitrogens with zero attached hydrogens (tertiary/aromatic N) is 3. The number of aromatic nitrogens is 3. The summed E-state index contributed by atoms with van der Waals surface area (Å²) in [6.45, 7) is 0.0948. The summed E-state index contributed by atoms with van der Waals surface area (Å²) < 4.78 is 5.61. The van der Waals surface area contributed by atoms with Crippen LogP contribution in [0.5, 0.6) is 5.75 Å². The third-order valence-corrected chi connectivity index (χ3v) is 3.51. The molecule has 24 heavy (non-hydrogen) atoms. The van der Waals surface area contributed by atoms with Gasteiger partial charge in [-0.05, 0) is 30.3 Å². The minimum atomic E-state index is 0.0948. The molecule has 3 rings (SSSR count). The first-order valence-electron chi connectivity index (χ1n) is 7.00. The molecule has 0 amide bonds. The fourth-order valence-electron chi connectivity index (χ4n) is 1.94. The van der Waals surface area contributed by atoms with Gasteiger partial charge in [0.05, 0.1) is 5.02 Å². The number of rotatable bonds is 5. The van der Waals surface area contributed by atoms with E-state index >= 15 is 0 Å². The Hall–Kier alpha value is -2.57. The first kappa shape index (κ1) is 16.3. The van der Waals surface area contributed by atoms with Crippen LogP contribution in [-0.2, 0) is 6.61 Å². The number of benzene rings is 2. The molecule has 0 aliphatic rings. The second-order valence-corrected chi connectivity index (χ2v) is 5.63. The van der Waals surface area contributed by atoms with E-state index in [-0.39, 0.29) is 12.6 Å². The van der Waals surface area contributed by atoms with Crippen molar-refractivity contribution in [2.45, 2.75) is 6.61 Å². The first-order chi connectivity index (χ1) is 11.6. The van der Waals surface area contributed by atoms with Crippen LogP contribution in [0, 0.1) is 0 Å². The fourth-order valence-corrected chi connectivity index (χ4v) is 2.41. The zero-order valence-electron chi connectivity index (χ0n) is 12.4. The van der Waals surface area contributed by atoms with E-state index in [0.29, 0.717) is 27.6 Å². The molecular formula is C16H13Cl2N5O. The maximum atomic E-state index is 6.07. The summed E-state index contributed by atoms with van der Waals surface area (Å²) in [5.41, 5.74) is 6.57. The van der Waals surface area contributed by atoms with Crippen LogP contribution in [0.1, 0.15) is 5.82 Å². The maximum absolute atomic E-state index is 6.07. The number of nitrogen functional groups attached to an aromatic ring is 1. The van der Waals surface area contributed by atoms with Gasteiger partial charge in [-0.2, -0.15) is 15.0 Å². The van der Waals surface area contributed by atoms with Crippen LogP contribution in [0.15, 0.2) is 48.5 Å². The second-order valence-electron chi connectivity index (χ2n) is 4.79. The number of anilines is 3. The lowest BCUT2D eigenvalue weighted by Crippen LogP contribution is -2.09. The van der Waals surface area contributed by atoms with Crippen LogP contribution in [-0.4, -0.2) is 15.0 Å². The highest BCUT2D eigenvalue weighted by molar-refractivity contribution is 6.35. The molecule has 8 heteroatoms. The highest BCUT2D eigenvalue weighted by atomic mass is 35.5. The molecule has 0 saturated carbocycles. The summed E-state index contributed by atoms with van der Waals surface area (Å²) in [6, 6.07) is 14.5. The number of para-hydroxylation sites is 1. The van der Waals surface area contributed by atoms with Crippen LogP contribution in [0.25, 0.3) is 0 Å². The van der Waals surface area contributed by atoms with Crippen LogP contribution in [0.3, 0.4) is 0 Å². The van der Waals surface area contributed by atoms with Gasteiger partial charge in [0.1, 0.15) is 12.4 Å². The van der Waals surface area contributed by atoms with Gasteiger partial charge >= 0.3 is 0 Å². The zero-order valence-corrected chi connectivity index (χ0v) is 13.9. The van der Waals surface area contributed by atoms with Gasteiger partial charge in [-0.3, -0.25) is 0 Å². The van der Waals surface area contributed by atoms with Gasteiger partial charge in [0, 0.05) is 10.7 Å². The van der Waals surface area contributed by atoms with Gasteiger partial charge in [-0.15, -0.1) is 0 Å². The summed E-state index contributed by atoms with van der Waals surface area (Å²) in [5, 5.41) is 4.00. The molecule has 0 aliphatic heterocycles. The van der Waals surface area contributed by atoms with E-state index in [4.69, 9.17) is 33.7 Å². The molecule has 0 saturated heterocycles. The molecule has 1 aromatic heterocycles. The largest absolute Gasteiger partial charge is 0.484 e. The number of hydrogen-bond donors (Lipinski definition) is 2. The van der Waals surface area contributed by atoms with Gasteiger partial charge in [0.25, 0.3) is 0 Å². The van der Waals surface area contributed by atoms with E-state index in [2.05, 4.69) is 20.3 Å². The predicted molar refractivity (Wildman–Crippen MR) is 94.8 cm³/mol. The van der Waals surface area contributed by atoms with Crippen molar-refractivity contribution in [3.63, 3.8) is 0 Å². The second kappa shape index (κ2) is 7.33. The number of hydrogen-bond acceptors (Lipinski definition) is 6. The Morgan fingerprint density at radius 2 is 1.79 bits per heavy atom. The molecule has 0 unspecified atom stereocenters. The Balaban J connectivity index is 1.74. The van der Waals surface area contributed by atoms with Crippen molar-refractivity contribution in [1.82, 2.24) is 15.0 Å². The van der Waals surface area contributed by atoms with Crippen molar-refractivity contribution in [3.05, 3.63) is 64.4 Å². The number of ether oxygens (including phenoxy) is 1. The quantitative estimate of drug-likeness (QED) is 0.711. The average molecular weight is 362 g/mol. The molecule has 0 bridgehead atoms. The Bertz CT molecular complexity index is 845. The lowest BCUT2D eigenvalue weighted by atomic mass is 10.3. The lowest BCUT2D eigenvalue weighted by Gasteiger charge is -2.09. The van der Waals surface area contributed by atoms with Crippen LogP contribution in [0.2, 0.25) is 10.0 Å². The molecule has 3 N–H and O–H groups in total. The van der Waals surface area contributed by atoms with Crippen molar-refractivity contribution in [1.29, 1.82) is 0 Å². The van der Waals surface area contributed by atoms with E-state index in [1.54, 1.807) is 18.2 Å². The molecule has 2 aromatic carbocycles. The Labute approximate surface area is 148 Å². The molecule has 0 atom stereocenters. The third kappa shape index (κ3) is 4.24. The molecule has 122 valence electrons. The van der Waals surface area contributed by atoms with Gasteiger partial charge in [0.15, 0.2) is 5.82 Å². The van der Waals surface area contributed by atoms with Gasteiger partial charge in [-0.1, -0.05) is 41.4 Å². The fraction of sp³-hybridized carbons (Fsp3) is 0.0625. The van der Waals surface area contributed by atoms with Crippen molar-refractivity contribution in [3.8, 4) is 5.75 Å². The van der Waals surface area contributed by atoms with E-state index < -0.39 is 0 Å². The number of nitrogens with two attached hydrogens (primary N) is 1. The Kier molecular flexibility index (Phi) is 4.98. The molecule has 0 radical (unpaired) electrons. The van der Waals surface area contributed by atoms with E-state index in [1.807, 2.05) is 30.3 Å². The van der Waals surface area contributed by atoms with Crippen LogP contribution >= 0.6 is 23.2 Å². The van der Waals surface area contributed by atoms with Gasteiger partial charge in [-0.25, -0.2) is 0 Å². The molecule has 1 heterocycles. The lowest BCUT2D eigenvalue weighted by molar-refractivity contribution is 0.296. The molecule has 0 aliphatic carbocycles. The minimum absolute atomic E-state index is 0.0948. The molecule has 0 spiro atoms. The van der Waals surface area contributed by atoms with E-state index in [1.165, 1.54) is 0 Å². The van der Waals surface area contributed by atoms with Crippen molar-refractivity contribution in [2.24, 2.45) is 0 Å². The summed E-state index contributed by atoms with van der Waals surface area (Å²) in [7, 11) is 0. The van der Waals surface area contributed by atoms with E-state index in [0.717, 1.165) is 5.69 Å². The minimum Gasteiger partial charge on any atom is -0.484 e. The normalized spacial score (nSPS) is 10.4. The maximum Gasteiger partial charge on any atom is 0.232 e. The highest BCUT2D eigenvalue weighted by Crippen LogP contribution is 2.28. The standard InChI is InChI=1S/C16H13Cl2N5O/c17-10-6-7-13(12(18)8-10)24-9-14-21-15(19)23-16(22-14)20-11-4-2-1-3-5-11/h1-8H,9H2,(H3,19,20,21,22,23). The van der Waals surface area contributed by atoms with Crippen LogP contribution < -0.4 is 15.8 Å². The summed E-state index contributed by atoms with van der Waals surface area (Å²) in [6.07, 6.45) is 0. The Morgan fingerprint density at radius 1 is 1.00 bits per heavy atom. The van der Waals surface area contributed by atoms with Crippen molar-refractivity contribution >= 4 is 40.8 Å². The molecule has 0 fully saturated rings. The molecule has 3 aromatic rings. The van der Waals surface area contributed by atoms with Crippen LogP contribution in [0.4, 0.5) is 17.6 Å². The summed E-state index contributed by atoms with van der Waals surface area (Å²) in [5.74, 6) is 1.31. The van der Waals surface area contributed by atoms with Crippen molar-refractivity contribution < 1.29 is 4.74 Å². The van der Waals surface area contributed by atoms with Gasteiger partial charge < -0.3 is 15.8 Å². The molecule has 6 nitrogen and oxygen atoms in total. The summed E-state index contributed by atoms with van der Waals surface area (Å²) >= 11 is 11.9. The number of nitrogens with one attached hydrogen (secondary N) is 1. The predicted octanol–water partition coefficient (Wildman–Crippen LogP) is 4.08. The first-order valence-corrected chi connectivity index (χ1v) is 7.76. The number of halogens is 2. The smallest absolute Gasteiger partial charge is 0.232 e. The third-order valence-electron chi connectivity index (χ3n) is 2.98. The van der Waals surface area contributed by atoms with Crippen molar-refractivity contribution in [2.75, 3.05) is 11.1 Å². The topological polar surface area (TPSA) is 86.0 Å².